The summed E-state index contributed by atoms with van der Waals surface area (Å²) in [6, 6.07) is 8.49. The summed E-state index contributed by atoms with van der Waals surface area (Å²) in [5.41, 5.74) is 8.16. The Balaban J connectivity index is 2.33. The van der Waals surface area contributed by atoms with Gasteiger partial charge in [0, 0.05) is 23.5 Å². The van der Waals surface area contributed by atoms with Crippen molar-refractivity contribution >= 4 is 10.9 Å². The quantitative estimate of drug-likeness (QED) is 0.917. The summed E-state index contributed by atoms with van der Waals surface area (Å²) in [5.74, 6) is 0. The maximum atomic E-state index is 12.3. The molecule has 1 unspecified atom stereocenters. The summed E-state index contributed by atoms with van der Waals surface area (Å²) < 4.78 is 36.8. The SMILES string of the molecule is Cc1cc(C(N)CCC(F)(F)F)c2ccccc2n1. The summed E-state index contributed by atoms with van der Waals surface area (Å²) in [6.45, 7) is 1.81. The highest BCUT2D eigenvalue weighted by Crippen LogP contribution is 2.29. The zero-order valence-electron chi connectivity index (χ0n) is 10.5. The first-order valence-electron chi connectivity index (χ1n) is 6.05. The molecule has 102 valence electrons. The van der Waals surface area contributed by atoms with Gasteiger partial charge in [-0.25, -0.2) is 0 Å². The van der Waals surface area contributed by atoms with Crippen LogP contribution in [-0.2, 0) is 0 Å². The van der Waals surface area contributed by atoms with Crippen LogP contribution in [0.15, 0.2) is 30.3 Å². The van der Waals surface area contributed by atoms with Crippen LogP contribution in [0.4, 0.5) is 13.2 Å². The first kappa shape index (κ1) is 13.8. The largest absolute Gasteiger partial charge is 0.389 e. The van der Waals surface area contributed by atoms with Crippen LogP contribution in [0, 0.1) is 6.92 Å². The first-order valence-corrected chi connectivity index (χ1v) is 6.05. The number of nitrogens with two attached hydrogens (primary N) is 1. The number of halogens is 3. The van der Waals surface area contributed by atoms with Gasteiger partial charge in [-0.05, 0) is 31.0 Å². The lowest BCUT2D eigenvalue weighted by Gasteiger charge is -2.16. The lowest BCUT2D eigenvalue weighted by molar-refractivity contribution is -0.136. The Bertz CT molecular complexity index is 578. The molecule has 19 heavy (non-hydrogen) atoms. The highest BCUT2D eigenvalue weighted by Gasteiger charge is 2.28. The van der Waals surface area contributed by atoms with E-state index in [2.05, 4.69) is 4.98 Å². The van der Waals surface area contributed by atoms with Crippen LogP contribution in [0.5, 0.6) is 0 Å². The monoisotopic (exact) mass is 268 g/mol. The summed E-state index contributed by atoms with van der Waals surface area (Å²) in [4.78, 5) is 4.35. The van der Waals surface area contributed by atoms with Gasteiger partial charge in [0.15, 0.2) is 0 Å². The normalized spacial score (nSPS) is 13.7. The van der Waals surface area contributed by atoms with Crippen molar-refractivity contribution in [3.8, 4) is 0 Å². The second-order valence-electron chi connectivity index (χ2n) is 4.63. The fourth-order valence-corrected chi connectivity index (χ4v) is 2.12. The van der Waals surface area contributed by atoms with E-state index in [1.54, 1.807) is 6.07 Å². The number of para-hydroxylation sites is 1. The lowest BCUT2D eigenvalue weighted by Crippen LogP contribution is -2.16. The number of aryl methyl sites for hydroxylation is 1. The fourth-order valence-electron chi connectivity index (χ4n) is 2.12. The van der Waals surface area contributed by atoms with Crippen molar-refractivity contribution in [3.05, 3.63) is 41.6 Å². The van der Waals surface area contributed by atoms with Crippen LogP contribution in [0.1, 0.15) is 30.1 Å². The zero-order valence-corrected chi connectivity index (χ0v) is 10.5. The van der Waals surface area contributed by atoms with Crippen LogP contribution in [0.3, 0.4) is 0 Å². The standard InChI is InChI=1S/C14H15F3N2/c1-9-8-11(12(18)6-7-14(15,16)17)10-4-2-3-5-13(10)19-9/h2-5,8,12H,6-7,18H2,1H3. The van der Waals surface area contributed by atoms with E-state index in [0.29, 0.717) is 0 Å². The zero-order chi connectivity index (χ0) is 14.0. The van der Waals surface area contributed by atoms with Gasteiger partial charge < -0.3 is 5.73 Å². The minimum absolute atomic E-state index is 0.114. The van der Waals surface area contributed by atoms with Crippen molar-refractivity contribution in [2.24, 2.45) is 5.73 Å². The van der Waals surface area contributed by atoms with Crippen LogP contribution in [-0.4, -0.2) is 11.2 Å². The number of benzene rings is 1. The lowest BCUT2D eigenvalue weighted by atomic mass is 9.98. The topological polar surface area (TPSA) is 38.9 Å². The molecule has 0 bridgehead atoms. The molecule has 5 heteroatoms. The Morgan fingerprint density at radius 2 is 1.95 bits per heavy atom. The summed E-state index contributed by atoms with van der Waals surface area (Å²) in [7, 11) is 0. The van der Waals surface area contributed by atoms with Gasteiger partial charge in [-0.1, -0.05) is 18.2 Å². The third kappa shape index (κ3) is 3.44. The fraction of sp³-hybridized carbons (Fsp3) is 0.357. The van der Waals surface area contributed by atoms with Gasteiger partial charge in [0.2, 0.25) is 0 Å². The second kappa shape index (κ2) is 5.17. The molecule has 2 N–H and O–H groups in total. The number of alkyl halides is 3. The third-order valence-corrected chi connectivity index (χ3v) is 3.01. The molecular weight excluding hydrogens is 253 g/mol. The highest BCUT2D eigenvalue weighted by atomic mass is 19.4. The Morgan fingerprint density at radius 1 is 1.26 bits per heavy atom. The van der Waals surface area contributed by atoms with Crippen molar-refractivity contribution in [3.63, 3.8) is 0 Å². The van der Waals surface area contributed by atoms with E-state index in [0.717, 1.165) is 22.2 Å². The molecule has 1 atom stereocenters. The molecule has 0 saturated heterocycles. The van der Waals surface area contributed by atoms with Crippen LogP contribution < -0.4 is 5.73 Å². The van der Waals surface area contributed by atoms with E-state index >= 15 is 0 Å². The maximum Gasteiger partial charge on any atom is 0.389 e. The molecule has 0 fully saturated rings. The van der Waals surface area contributed by atoms with Gasteiger partial charge in [0.25, 0.3) is 0 Å². The number of pyridine rings is 1. The van der Waals surface area contributed by atoms with Crippen molar-refractivity contribution in [2.75, 3.05) is 0 Å². The van der Waals surface area contributed by atoms with E-state index < -0.39 is 18.6 Å². The summed E-state index contributed by atoms with van der Waals surface area (Å²) in [6.07, 6.45) is -5.16. The Morgan fingerprint density at radius 3 is 2.63 bits per heavy atom. The molecule has 0 spiro atoms. The number of nitrogens with zero attached hydrogens (tertiary/aromatic N) is 1. The molecule has 0 amide bonds. The maximum absolute atomic E-state index is 12.3. The molecule has 2 aromatic rings. The number of rotatable bonds is 3. The van der Waals surface area contributed by atoms with Crippen molar-refractivity contribution in [1.82, 2.24) is 4.98 Å². The highest BCUT2D eigenvalue weighted by molar-refractivity contribution is 5.82. The number of hydrogen-bond donors (Lipinski definition) is 1. The molecule has 0 aliphatic heterocycles. The smallest absolute Gasteiger partial charge is 0.324 e. The Kier molecular flexibility index (Phi) is 3.75. The molecule has 1 heterocycles. The number of aromatic nitrogens is 1. The van der Waals surface area contributed by atoms with Gasteiger partial charge >= 0.3 is 6.18 Å². The molecule has 0 aliphatic rings. The molecule has 0 radical (unpaired) electrons. The van der Waals surface area contributed by atoms with E-state index in [9.17, 15) is 13.2 Å². The van der Waals surface area contributed by atoms with E-state index in [1.165, 1.54) is 0 Å². The molecule has 1 aromatic heterocycles. The van der Waals surface area contributed by atoms with Gasteiger partial charge in [-0.15, -0.1) is 0 Å². The third-order valence-electron chi connectivity index (χ3n) is 3.01. The van der Waals surface area contributed by atoms with Gasteiger partial charge in [-0.3, -0.25) is 4.98 Å². The molecular formula is C14H15F3N2. The van der Waals surface area contributed by atoms with Gasteiger partial charge in [0.05, 0.1) is 5.52 Å². The first-order chi connectivity index (χ1) is 8.87. The minimum atomic E-state index is -4.17. The summed E-state index contributed by atoms with van der Waals surface area (Å²) >= 11 is 0. The van der Waals surface area contributed by atoms with Gasteiger partial charge in [0.1, 0.15) is 0 Å². The predicted molar refractivity (Wildman–Crippen MR) is 68.7 cm³/mol. The van der Waals surface area contributed by atoms with E-state index in [4.69, 9.17) is 5.73 Å². The molecule has 0 aliphatic carbocycles. The Labute approximate surface area is 109 Å². The van der Waals surface area contributed by atoms with Crippen molar-refractivity contribution in [2.45, 2.75) is 32.0 Å². The van der Waals surface area contributed by atoms with Crippen molar-refractivity contribution in [1.29, 1.82) is 0 Å². The van der Waals surface area contributed by atoms with Crippen molar-refractivity contribution < 1.29 is 13.2 Å². The van der Waals surface area contributed by atoms with Crippen LogP contribution in [0.2, 0.25) is 0 Å². The van der Waals surface area contributed by atoms with E-state index in [1.807, 2.05) is 31.2 Å². The number of fused-ring (bicyclic) bond motifs is 1. The van der Waals surface area contributed by atoms with E-state index in [-0.39, 0.29) is 6.42 Å². The predicted octanol–water partition coefficient (Wildman–Crippen LogP) is 3.89. The van der Waals surface area contributed by atoms with Gasteiger partial charge in [-0.2, -0.15) is 13.2 Å². The molecule has 2 nitrogen and oxygen atoms in total. The van der Waals surface area contributed by atoms with Crippen LogP contribution >= 0.6 is 0 Å². The molecule has 1 aromatic carbocycles. The average molecular weight is 268 g/mol. The molecule has 0 saturated carbocycles. The minimum Gasteiger partial charge on any atom is -0.324 e. The Hall–Kier alpha value is -1.62. The molecule has 2 rings (SSSR count). The number of hydrogen-bond acceptors (Lipinski definition) is 2. The summed E-state index contributed by atoms with van der Waals surface area (Å²) in [5, 5.41) is 0.822. The second-order valence-corrected chi connectivity index (χ2v) is 4.63. The van der Waals surface area contributed by atoms with Crippen LogP contribution in [0.25, 0.3) is 10.9 Å². The average Bonchev–Trinajstić information content (AvgIpc) is 2.34.